The van der Waals surface area contributed by atoms with Gasteiger partial charge in [0.1, 0.15) is 10.0 Å². The number of amides is 1. The Morgan fingerprint density at radius 3 is 2.68 bits per heavy atom. The van der Waals surface area contributed by atoms with E-state index >= 15 is 0 Å². The van der Waals surface area contributed by atoms with Crippen LogP contribution in [0.4, 0.5) is 11.4 Å². The molecule has 3 aromatic carbocycles. The number of nitro benzene ring substituents is 1. The average Bonchev–Trinajstić information content (AvgIpc) is 3.18. The molecule has 31 heavy (non-hydrogen) atoms. The highest BCUT2D eigenvalue weighted by atomic mass is 35.5. The quantitative estimate of drug-likeness (QED) is 0.197. The van der Waals surface area contributed by atoms with E-state index in [-0.39, 0.29) is 10.7 Å². The van der Waals surface area contributed by atoms with E-state index in [2.05, 4.69) is 10.3 Å². The molecular formula is C22H13Cl2N3O3S. The molecule has 0 unspecified atom stereocenters. The normalized spacial score (nSPS) is 11.2. The van der Waals surface area contributed by atoms with Gasteiger partial charge in [-0.05, 0) is 48.0 Å². The number of halogens is 2. The molecule has 1 aromatic heterocycles. The molecule has 0 radical (unpaired) electrons. The molecule has 0 saturated carbocycles. The van der Waals surface area contributed by atoms with Crippen LogP contribution in [0.25, 0.3) is 26.9 Å². The van der Waals surface area contributed by atoms with Crippen LogP contribution >= 0.6 is 34.5 Å². The maximum Gasteiger partial charge on any atom is 0.288 e. The van der Waals surface area contributed by atoms with Gasteiger partial charge in [-0.15, -0.1) is 11.3 Å². The van der Waals surface area contributed by atoms with Gasteiger partial charge >= 0.3 is 0 Å². The van der Waals surface area contributed by atoms with Crippen LogP contribution in [0.2, 0.25) is 10.0 Å². The fourth-order valence-corrected chi connectivity index (χ4v) is 4.26. The Balaban J connectivity index is 1.60. The smallest absolute Gasteiger partial charge is 0.288 e. The second kappa shape index (κ2) is 8.85. The summed E-state index contributed by atoms with van der Waals surface area (Å²) in [7, 11) is 0. The van der Waals surface area contributed by atoms with Crippen LogP contribution in [0, 0.1) is 10.1 Å². The number of nitro groups is 1. The highest BCUT2D eigenvalue weighted by Crippen LogP contribution is 2.36. The van der Waals surface area contributed by atoms with Gasteiger partial charge < -0.3 is 5.32 Å². The molecule has 0 atom stereocenters. The summed E-state index contributed by atoms with van der Waals surface area (Å²) < 4.78 is 1.03. The molecule has 1 amide bonds. The summed E-state index contributed by atoms with van der Waals surface area (Å²) in [6.45, 7) is 0. The van der Waals surface area contributed by atoms with Crippen molar-refractivity contribution in [2.24, 2.45) is 0 Å². The van der Waals surface area contributed by atoms with Crippen molar-refractivity contribution >= 4 is 68.1 Å². The Morgan fingerprint density at radius 2 is 1.90 bits per heavy atom. The third-order valence-electron chi connectivity index (χ3n) is 4.36. The summed E-state index contributed by atoms with van der Waals surface area (Å²) >= 11 is 13.5. The standard InChI is InChI=1S/C22H13Cl2N3O3S/c23-14-7-9-17(15(12-14)22-26-18-3-1-2-4-20(18)31-22)25-21(28)10-6-13-5-8-16(24)19(11-13)27(29)30/h1-12H,(H,25,28)/b10-6+. The van der Waals surface area contributed by atoms with Crippen molar-refractivity contribution in [2.45, 2.75) is 0 Å². The first-order valence-electron chi connectivity index (χ1n) is 8.99. The Morgan fingerprint density at radius 1 is 1.10 bits per heavy atom. The van der Waals surface area contributed by atoms with Gasteiger partial charge in [0.25, 0.3) is 5.69 Å². The zero-order valence-corrected chi connectivity index (χ0v) is 18.0. The molecule has 6 nitrogen and oxygen atoms in total. The van der Waals surface area contributed by atoms with Gasteiger partial charge in [-0.25, -0.2) is 4.98 Å². The number of nitrogens with one attached hydrogen (secondary N) is 1. The maximum absolute atomic E-state index is 12.5. The van der Waals surface area contributed by atoms with Crippen LogP contribution in [0.15, 0.2) is 66.7 Å². The molecule has 0 aliphatic carbocycles. The van der Waals surface area contributed by atoms with Gasteiger partial charge in [0.15, 0.2) is 0 Å². The van der Waals surface area contributed by atoms with Crippen molar-refractivity contribution in [3.63, 3.8) is 0 Å². The van der Waals surface area contributed by atoms with Gasteiger partial charge in [-0.3, -0.25) is 14.9 Å². The molecular weight excluding hydrogens is 457 g/mol. The number of fused-ring (bicyclic) bond motifs is 1. The summed E-state index contributed by atoms with van der Waals surface area (Å²) in [5.41, 5.74) is 2.38. The molecule has 0 fully saturated rings. The Kier molecular flexibility index (Phi) is 5.99. The van der Waals surface area contributed by atoms with Crippen molar-refractivity contribution in [1.82, 2.24) is 4.98 Å². The lowest BCUT2D eigenvalue weighted by molar-refractivity contribution is -0.384. The Labute approximate surface area is 190 Å². The van der Waals surface area contributed by atoms with E-state index in [1.165, 1.54) is 35.6 Å². The van der Waals surface area contributed by atoms with Gasteiger partial charge in [0.05, 0.1) is 20.8 Å². The van der Waals surface area contributed by atoms with Gasteiger partial charge in [-0.2, -0.15) is 0 Å². The van der Waals surface area contributed by atoms with Crippen LogP contribution in [0.5, 0.6) is 0 Å². The van der Waals surface area contributed by atoms with Crippen LogP contribution < -0.4 is 5.32 Å². The highest BCUT2D eigenvalue weighted by molar-refractivity contribution is 7.21. The van der Waals surface area contributed by atoms with E-state index in [0.29, 0.717) is 21.8 Å². The number of rotatable bonds is 5. The summed E-state index contributed by atoms with van der Waals surface area (Å²) in [6.07, 6.45) is 2.77. The molecule has 4 rings (SSSR count). The number of thiazole rings is 1. The van der Waals surface area contributed by atoms with E-state index in [9.17, 15) is 14.9 Å². The molecule has 1 N–H and O–H groups in total. The number of anilines is 1. The Hall–Kier alpha value is -3.26. The van der Waals surface area contributed by atoms with Crippen molar-refractivity contribution in [1.29, 1.82) is 0 Å². The second-order valence-electron chi connectivity index (χ2n) is 6.47. The number of aromatic nitrogens is 1. The molecule has 0 bridgehead atoms. The highest BCUT2D eigenvalue weighted by Gasteiger charge is 2.14. The number of carbonyl (C=O) groups is 1. The fourth-order valence-electron chi connectivity index (χ4n) is 2.91. The van der Waals surface area contributed by atoms with E-state index < -0.39 is 10.8 Å². The zero-order valence-electron chi connectivity index (χ0n) is 15.7. The predicted octanol–water partition coefficient (Wildman–Crippen LogP) is 6.83. The van der Waals surface area contributed by atoms with Gasteiger partial charge in [-0.1, -0.05) is 41.4 Å². The van der Waals surface area contributed by atoms with Crippen LogP contribution in [-0.2, 0) is 4.79 Å². The number of benzene rings is 3. The minimum absolute atomic E-state index is 0.0354. The van der Waals surface area contributed by atoms with Crippen LogP contribution in [0.1, 0.15) is 5.56 Å². The van der Waals surface area contributed by atoms with Crippen LogP contribution in [0.3, 0.4) is 0 Å². The van der Waals surface area contributed by atoms with E-state index in [1.54, 1.807) is 24.3 Å². The number of hydrogen-bond acceptors (Lipinski definition) is 5. The first-order valence-corrected chi connectivity index (χ1v) is 10.6. The molecule has 9 heteroatoms. The molecule has 1 heterocycles. The number of para-hydroxylation sites is 1. The predicted molar refractivity (Wildman–Crippen MR) is 126 cm³/mol. The number of carbonyl (C=O) groups excluding carboxylic acids is 1. The lowest BCUT2D eigenvalue weighted by atomic mass is 10.1. The molecule has 0 aliphatic heterocycles. The van der Waals surface area contributed by atoms with E-state index in [4.69, 9.17) is 23.2 Å². The first kappa shape index (κ1) is 21.0. The largest absolute Gasteiger partial charge is 0.322 e. The van der Waals surface area contributed by atoms with Gasteiger partial charge in [0, 0.05) is 22.7 Å². The third kappa shape index (κ3) is 4.74. The van der Waals surface area contributed by atoms with E-state index in [1.807, 2.05) is 24.3 Å². The van der Waals surface area contributed by atoms with Gasteiger partial charge in [0.2, 0.25) is 5.91 Å². The number of nitrogens with zero attached hydrogens (tertiary/aromatic N) is 2. The summed E-state index contributed by atoms with van der Waals surface area (Å²) in [5, 5.41) is 15.1. The third-order valence-corrected chi connectivity index (χ3v) is 5.98. The first-order chi connectivity index (χ1) is 14.9. The monoisotopic (exact) mass is 469 g/mol. The fraction of sp³-hybridized carbons (Fsp3) is 0. The number of hydrogen-bond donors (Lipinski definition) is 1. The summed E-state index contributed by atoms with van der Waals surface area (Å²) in [4.78, 5) is 27.6. The maximum atomic E-state index is 12.5. The summed E-state index contributed by atoms with van der Waals surface area (Å²) in [5.74, 6) is -0.401. The van der Waals surface area contributed by atoms with Crippen molar-refractivity contribution in [2.75, 3.05) is 5.32 Å². The minimum atomic E-state index is -0.572. The van der Waals surface area contributed by atoms with Crippen molar-refractivity contribution < 1.29 is 9.72 Å². The SMILES string of the molecule is O=C(/C=C/c1ccc(Cl)c([N+](=O)[O-])c1)Nc1ccc(Cl)cc1-c1nc2ccccc2s1. The topological polar surface area (TPSA) is 85.1 Å². The van der Waals surface area contributed by atoms with Crippen LogP contribution in [-0.4, -0.2) is 15.8 Å². The lowest BCUT2D eigenvalue weighted by Crippen LogP contribution is -2.08. The molecule has 0 saturated heterocycles. The van der Waals surface area contributed by atoms with Crippen molar-refractivity contribution in [3.8, 4) is 10.6 Å². The minimum Gasteiger partial charge on any atom is -0.322 e. The zero-order chi connectivity index (χ0) is 22.0. The average molecular weight is 470 g/mol. The second-order valence-corrected chi connectivity index (χ2v) is 8.34. The van der Waals surface area contributed by atoms with Crippen molar-refractivity contribution in [3.05, 3.63) is 92.5 Å². The molecule has 0 aliphatic rings. The van der Waals surface area contributed by atoms with E-state index in [0.717, 1.165) is 15.2 Å². The lowest BCUT2D eigenvalue weighted by Gasteiger charge is -2.08. The molecule has 0 spiro atoms. The molecule has 154 valence electrons. The molecule has 4 aromatic rings. The summed E-state index contributed by atoms with van der Waals surface area (Å²) in [6, 6.07) is 17.2. The Bertz CT molecular complexity index is 1320.